The Morgan fingerprint density at radius 2 is 1.34 bits per heavy atom. The van der Waals surface area contributed by atoms with E-state index in [2.05, 4.69) is 5.32 Å². The Morgan fingerprint density at radius 1 is 0.737 bits per heavy atom. The molecule has 0 saturated heterocycles. The third kappa shape index (κ3) is 7.00. The van der Waals surface area contributed by atoms with Gasteiger partial charge in [-0.1, -0.05) is 42.5 Å². The zero-order valence-corrected chi connectivity index (χ0v) is 20.3. The molecular weight excluding hydrogens is 493 g/mol. The first-order chi connectivity index (χ1) is 18.3. The van der Waals surface area contributed by atoms with Crippen molar-refractivity contribution >= 4 is 17.5 Å². The number of carbonyl (C=O) groups excluding carboxylic acids is 2. The summed E-state index contributed by atoms with van der Waals surface area (Å²) in [5.41, 5.74) is 0.184. The fraction of sp³-hybridized carbons (Fsp3) is 0.133. The van der Waals surface area contributed by atoms with E-state index >= 15 is 0 Å². The van der Waals surface area contributed by atoms with Crippen LogP contribution in [0.3, 0.4) is 0 Å². The van der Waals surface area contributed by atoms with Gasteiger partial charge < -0.3 is 15.0 Å². The second kappa shape index (κ2) is 12.1. The minimum Gasteiger partial charge on any atom is -0.457 e. The van der Waals surface area contributed by atoms with Gasteiger partial charge in [0.15, 0.2) is 0 Å². The standard InChI is InChI=1S/C30H25F3N2O3/c31-30(32,33)24-12-7-11-23(21-24)28(36)34-19-8-20-35(29(37)22-9-3-1-4-10-22)25-15-17-27(18-16-25)38-26-13-5-2-6-14-26/h1-7,9-18,21H,8,19-20H2,(H,34,36). The lowest BCUT2D eigenvalue weighted by Crippen LogP contribution is -2.34. The summed E-state index contributed by atoms with van der Waals surface area (Å²) in [5.74, 6) is 0.473. The number of hydrogen-bond acceptors (Lipinski definition) is 3. The molecule has 0 aliphatic carbocycles. The van der Waals surface area contributed by atoms with Gasteiger partial charge >= 0.3 is 6.18 Å². The number of nitrogens with one attached hydrogen (secondary N) is 1. The van der Waals surface area contributed by atoms with Crippen LogP contribution in [0.1, 0.15) is 32.7 Å². The summed E-state index contributed by atoms with van der Waals surface area (Å²) in [7, 11) is 0. The lowest BCUT2D eigenvalue weighted by atomic mass is 10.1. The first-order valence-corrected chi connectivity index (χ1v) is 12.0. The molecule has 4 aromatic rings. The molecule has 5 nitrogen and oxygen atoms in total. The van der Waals surface area contributed by atoms with Crippen LogP contribution >= 0.6 is 0 Å². The van der Waals surface area contributed by atoms with Gasteiger partial charge in [-0.05, 0) is 73.2 Å². The van der Waals surface area contributed by atoms with E-state index in [1.165, 1.54) is 12.1 Å². The van der Waals surface area contributed by atoms with Gasteiger partial charge in [0.2, 0.25) is 0 Å². The van der Waals surface area contributed by atoms with E-state index in [0.717, 1.165) is 12.1 Å². The van der Waals surface area contributed by atoms with Crippen molar-refractivity contribution in [1.29, 1.82) is 0 Å². The van der Waals surface area contributed by atoms with Crippen molar-refractivity contribution in [3.8, 4) is 11.5 Å². The average molecular weight is 519 g/mol. The van der Waals surface area contributed by atoms with Crippen molar-refractivity contribution in [2.24, 2.45) is 0 Å². The molecule has 0 saturated carbocycles. The molecule has 0 bridgehead atoms. The summed E-state index contributed by atoms with van der Waals surface area (Å²) in [6.07, 6.45) is -4.15. The zero-order chi connectivity index (χ0) is 27.0. The maximum Gasteiger partial charge on any atom is 0.416 e. The number of benzene rings is 4. The Hall–Kier alpha value is -4.59. The summed E-state index contributed by atoms with van der Waals surface area (Å²) < 4.78 is 44.7. The van der Waals surface area contributed by atoms with Crippen LogP contribution in [0, 0.1) is 0 Å². The maximum absolute atomic E-state index is 13.3. The SMILES string of the molecule is O=C(NCCCN(C(=O)c1ccccc1)c1ccc(Oc2ccccc2)cc1)c1cccc(C(F)(F)F)c1. The van der Waals surface area contributed by atoms with Crippen molar-refractivity contribution in [3.05, 3.63) is 126 Å². The highest BCUT2D eigenvalue weighted by Gasteiger charge is 2.30. The lowest BCUT2D eigenvalue weighted by Gasteiger charge is -2.23. The van der Waals surface area contributed by atoms with Crippen LogP contribution in [0.5, 0.6) is 11.5 Å². The molecule has 0 fully saturated rings. The molecule has 4 rings (SSSR count). The summed E-state index contributed by atoms with van der Waals surface area (Å²) >= 11 is 0. The molecule has 0 unspecified atom stereocenters. The Balaban J connectivity index is 1.42. The van der Waals surface area contributed by atoms with E-state index < -0.39 is 17.6 Å². The quantitative estimate of drug-likeness (QED) is 0.244. The minimum absolute atomic E-state index is 0.0777. The summed E-state index contributed by atoms with van der Waals surface area (Å²) in [4.78, 5) is 27.3. The molecule has 38 heavy (non-hydrogen) atoms. The van der Waals surface area contributed by atoms with Gasteiger partial charge in [0.05, 0.1) is 5.56 Å². The van der Waals surface area contributed by atoms with Crippen LogP contribution in [-0.4, -0.2) is 24.9 Å². The maximum atomic E-state index is 13.3. The zero-order valence-electron chi connectivity index (χ0n) is 20.3. The molecule has 0 atom stereocenters. The number of halogens is 3. The van der Waals surface area contributed by atoms with E-state index in [1.54, 1.807) is 53.4 Å². The van der Waals surface area contributed by atoms with Gasteiger partial charge in [-0.15, -0.1) is 0 Å². The van der Waals surface area contributed by atoms with Crippen molar-refractivity contribution < 1.29 is 27.5 Å². The molecule has 8 heteroatoms. The molecule has 0 heterocycles. The molecule has 0 radical (unpaired) electrons. The number of amides is 2. The van der Waals surface area contributed by atoms with Crippen LogP contribution < -0.4 is 15.0 Å². The fourth-order valence-electron chi connectivity index (χ4n) is 3.78. The molecule has 0 aliphatic heterocycles. The van der Waals surface area contributed by atoms with E-state index in [-0.39, 0.29) is 24.6 Å². The molecule has 1 N–H and O–H groups in total. The minimum atomic E-state index is -4.53. The van der Waals surface area contributed by atoms with Crippen molar-refractivity contribution in [3.63, 3.8) is 0 Å². The summed E-state index contributed by atoms with van der Waals surface area (Å²) in [6.45, 7) is 0.443. The lowest BCUT2D eigenvalue weighted by molar-refractivity contribution is -0.137. The predicted octanol–water partition coefficient (Wildman–Crippen LogP) is 6.96. The second-order valence-corrected chi connectivity index (χ2v) is 8.42. The number of nitrogens with zero attached hydrogens (tertiary/aromatic N) is 1. The summed E-state index contributed by atoms with van der Waals surface area (Å²) in [5, 5.41) is 2.64. The number of carbonyl (C=O) groups is 2. The first-order valence-electron chi connectivity index (χ1n) is 12.0. The van der Waals surface area contributed by atoms with Gasteiger partial charge in [-0.25, -0.2) is 0 Å². The highest BCUT2D eigenvalue weighted by Crippen LogP contribution is 2.29. The third-order valence-corrected chi connectivity index (χ3v) is 5.69. The van der Waals surface area contributed by atoms with Crippen molar-refractivity contribution in [1.82, 2.24) is 5.32 Å². The average Bonchev–Trinajstić information content (AvgIpc) is 2.94. The number of ether oxygens (including phenoxy) is 1. The third-order valence-electron chi connectivity index (χ3n) is 5.69. The molecule has 4 aromatic carbocycles. The molecule has 0 aliphatic rings. The normalized spacial score (nSPS) is 11.0. The predicted molar refractivity (Wildman–Crippen MR) is 139 cm³/mol. The van der Waals surface area contributed by atoms with Crippen LogP contribution in [0.4, 0.5) is 18.9 Å². The Morgan fingerprint density at radius 3 is 2.00 bits per heavy atom. The van der Waals surface area contributed by atoms with Crippen molar-refractivity contribution in [2.45, 2.75) is 12.6 Å². The van der Waals surface area contributed by atoms with Gasteiger partial charge in [-0.2, -0.15) is 13.2 Å². The fourth-order valence-corrected chi connectivity index (χ4v) is 3.78. The highest BCUT2D eigenvalue weighted by atomic mass is 19.4. The number of hydrogen-bond donors (Lipinski definition) is 1. The van der Waals surface area contributed by atoms with E-state index in [0.29, 0.717) is 29.2 Å². The number of para-hydroxylation sites is 1. The van der Waals surface area contributed by atoms with Gasteiger partial charge in [0, 0.05) is 29.9 Å². The van der Waals surface area contributed by atoms with Crippen LogP contribution in [0.25, 0.3) is 0 Å². The molecule has 0 spiro atoms. The number of alkyl halides is 3. The highest BCUT2D eigenvalue weighted by molar-refractivity contribution is 6.06. The van der Waals surface area contributed by atoms with Gasteiger partial charge in [0.1, 0.15) is 11.5 Å². The van der Waals surface area contributed by atoms with Crippen LogP contribution in [0.15, 0.2) is 109 Å². The molecule has 2 amide bonds. The smallest absolute Gasteiger partial charge is 0.416 e. The summed E-state index contributed by atoms with van der Waals surface area (Å²) in [6, 6.07) is 29.5. The van der Waals surface area contributed by atoms with E-state index in [4.69, 9.17) is 4.74 Å². The van der Waals surface area contributed by atoms with Crippen molar-refractivity contribution in [2.75, 3.05) is 18.0 Å². The molecular formula is C30H25F3N2O3. The Kier molecular flexibility index (Phi) is 8.43. The number of anilines is 1. The van der Waals surface area contributed by atoms with Crippen LogP contribution in [0.2, 0.25) is 0 Å². The topological polar surface area (TPSA) is 58.6 Å². The Labute approximate surface area is 218 Å². The van der Waals surface area contributed by atoms with Crippen LogP contribution in [-0.2, 0) is 6.18 Å². The largest absolute Gasteiger partial charge is 0.457 e. The van der Waals surface area contributed by atoms with Gasteiger partial charge in [0.25, 0.3) is 11.8 Å². The Bertz CT molecular complexity index is 1360. The van der Waals surface area contributed by atoms with Gasteiger partial charge in [-0.3, -0.25) is 9.59 Å². The second-order valence-electron chi connectivity index (χ2n) is 8.42. The first kappa shape index (κ1) is 26.5. The van der Waals surface area contributed by atoms with E-state index in [1.807, 2.05) is 36.4 Å². The van der Waals surface area contributed by atoms with E-state index in [9.17, 15) is 22.8 Å². The monoisotopic (exact) mass is 518 g/mol. The number of rotatable bonds is 9. The molecule has 0 aromatic heterocycles. The molecule has 194 valence electrons.